The molecule has 0 aliphatic rings. The molecule has 0 aliphatic heterocycles. The smallest absolute Gasteiger partial charge is 0.135 e. The normalized spacial score (nSPS) is 11.7. The highest BCUT2D eigenvalue weighted by molar-refractivity contribution is 6.11. The Kier molecular flexibility index (Phi) is 9.63. The Balaban J connectivity index is 0.000000162. The van der Waals surface area contributed by atoms with Crippen LogP contribution in [0.4, 0.5) is 0 Å². The first-order chi connectivity index (χ1) is 22.6. The van der Waals surface area contributed by atoms with E-state index in [1.165, 1.54) is 32.7 Å². The van der Waals surface area contributed by atoms with Gasteiger partial charge in [-0.25, -0.2) is 0 Å². The van der Waals surface area contributed by atoms with Crippen molar-refractivity contribution in [2.45, 2.75) is 20.0 Å². The van der Waals surface area contributed by atoms with Crippen molar-refractivity contribution in [3.63, 3.8) is 0 Å². The maximum absolute atomic E-state index is 9.06. The van der Waals surface area contributed by atoms with Gasteiger partial charge < -0.3 is 24.4 Å². The molecule has 0 heterocycles. The monoisotopic (exact) mass is 610 g/mol. The summed E-state index contributed by atoms with van der Waals surface area (Å²) in [6, 6.07) is 43.0. The fourth-order valence-electron chi connectivity index (χ4n) is 6.06. The molecule has 5 heteroatoms. The van der Waals surface area contributed by atoms with E-state index in [9.17, 15) is 0 Å². The van der Waals surface area contributed by atoms with Crippen molar-refractivity contribution < 1.29 is 24.4 Å². The Morgan fingerprint density at radius 2 is 0.783 bits per heavy atom. The van der Waals surface area contributed by atoms with E-state index in [2.05, 4.69) is 86.6 Å². The second-order valence-corrected chi connectivity index (χ2v) is 11.1. The molecule has 0 saturated heterocycles. The highest BCUT2D eigenvalue weighted by Gasteiger charge is 2.17. The molecular formula is C41H38O5. The molecule has 0 saturated carbocycles. The topological polar surface area (TPSA) is 68.2 Å². The quantitative estimate of drug-likeness (QED) is 0.160. The van der Waals surface area contributed by atoms with Gasteiger partial charge in [0.05, 0.1) is 13.2 Å². The van der Waals surface area contributed by atoms with Gasteiger partial charge in [-0.1, -0.05) is 127 Å². The fraction of sp³-hybridized carbons (Fsp3) is 0.171. The van der Waals surface area contributed by atoms with Gasteiger partial charge in [-0.3, -0.25) is 0 Å². The number of ether oxygens (including phenoxy) is 3. The molecule has 7 aromatic carbocycles. The summed E-state index contributed by atoms with van der Waals surface area (Å²) < 4.78 is 18.1. The first-order valence-electron chi connectivity index (χ1n) is 15.6. The van der Waals surface area contributed by atoms with Crippen LogP contribution in [0, 0.1) is 6.92 Å². The van der Waals surface area contributed by atoms with Crippen LogP contribution in [0.15, 0.2) is 127 Å². The minimum atomic E-state index is -0.0363. The van der Waals surface area contributed by atoms with Crippen molar-refractivity contribution in [2.24, 2.45) is 0 Å². The van der Waals surface area contributed by atoms with Gasteiger partial charge in [-0.15, -0.1) is 0 Å². The maximum atomic E-state index is 9.06. The summed E-state index contributed by atoms with van der Waals surface area (Å²) in [7, 11) is 0. The molecular weight excluding hydrogens is 572 g/mol. The molecule has 0 aliphatic carbocycles. The summed E-state index contributed by atoms with van der Waals surface area (Å²) in [5.41, 5.74) is 2.49. The zero-order valence-corrected chi connectivity index (χ0v) is 26.1. The van der Waals surface area contributed by atoms with Crippen LogP contribution in [0.2, 0.25) is 0 Å². The van der Waals surface area contributed by atoms with Crippen molar-refractivity contribution in [2.75, 3.05) is 26.4 Å². The van der Waals surface area contributed by atoms with Crippen LogP contribution in [0.25, 0.3) is 43.1 Å². The lowest BCUT2D eigenvalue weighted by Gasteiger charge is -2.20. The Morgan fingerprint density at radius 3 is 1.15 bits per heavy atom. The predicted octanol–water partition coefficient (Wildman–Crippen LogP) is 9.18. The molecule has 5 nitrogen and oxygen atoms in total. The van der Waals surface area contributed by atoms with Crippen LogP contribution in [0.1, 0.15) is 24.2 Å². The zero-order chi connectivity index (χ0) is 31.9. The van der Waals surface area contributed by atoms with Gasteiger partial charge in [0.2, 0.25) is 0 Å². The minimum absolute atomic E-state index is 0.000665. The Hall–Kier alpha value is -5.10. The molecule has 0 bridgehead atoms. The van der Waals surface area contributed by atoms with Gasteiger partial charge in [-0.2, -0.15) is 0 Å². The molecule has 232 valence electrons. The average Bonchev–Trinajstić information content (AvgIpc) is 3.12. The summed E-state index contributed by atoms with van der Waals surface area (Å²) >= 11 is 0. The van der Waals surface area contributed by atoms with Crippen LogP contribution in [0.5, 0.6) is 17.2 Å². The number of aliphatic hydroxyl groups is 2. The van der Waals surface area contributed by atoms with Crippen LogP contribution in [-0.4, -0.2) is 36.6 Å². The van der Waals surface area contributed by atoms with Crippen LogP contribution in [-0.2, 0) is 0 Å². The fourth-order valence-corrected chi connectivity index (χ4v) is 6.06. The Morgan fingerprint density at radius 1 is 0.457 bits per heavy atom. The van der Waals surface area contributed by atoms with E-state index in [0.717, 1.165) is 38.8 Å². The molecule has 0 fully saturated rings. The molecule has 7 rings (SSSR count). The van der Waals surface area contributed by atoms with Crippen molar-refractivity contribution >= 4 is 43.1 Å². The molecule has 0 amide bonds. The van der Waals surface area contributed by atoms with Gasteiger partial charge in [0.1, 0.15) is 36.6 Å². The van der Waals surface area contributed by atoms with Crippen LogP contribution < -0.4 is 14.2 Å². The van der Waals surface area contributed by atoms with Gasteiger partial charge in [0.25, 0.3) is 0 Å². The van der Waals surface area contributed by atoms with E-state index >= 15 is 0 Å². The van der Waals surface area contributed by atoms with Gasteiger partial charge in [0.15, 0.2) is 0 Å². The molecule has 0 radical (unpaired) electrons. The Bertz CT molecular complexity index is 1910. The third-order valence-electron chi connectivity index (χ3n) is 8.22. The molecule has 1 unspecified atom stereocenters. The first-order valence-corrected chi connectivity index (χ1v) is 15.6. The number of aryl methyl sites for hydroxylation is 1. The van der Waals surface area contributed by atoms with Gasteiger partial charge in [-0.05, 0) is 35.7 Å². The number of hydrogen-bond donors (Lipinski definition) is 2. The van der Waals surface area contributed by atoms with E-state index in [1.54, 1.807) is 0 Å². The lowest BCUT2D eigenvalue weighted by molar-refractivity contribution is 0.202. The number of hydrogen-bond acceptors (Lipinski definition) is 5. The largest absolute Gasteiger partial charge is 0.490 e. The van der Waals surface area contributed by atoms with Gasteiger partial charge in [0, 0.05) is 32.3 Å². The third kappa shape index (κ3) is 6.20. The van der Waals surface area contributed by atoms with Crippen molar-refractivity contribution in [3.8, 4) is 17.2 Å². The van der Waals surface area contributed by atoms with E-state index < -0.39 is 0 Å². The van der Waals surface area contributed by atoms with Crippen molar-refractivity contribution in [1.29, 1.82) is 0 Å². The second-order valence-electron chi connectivity index (χ2n) is 11.1. The first kappa shape index (κ1) is 30.9. The summed E-state index contributed by atoms with van der Waals surface area (Å²) in [5.74, 6) is 2.47. The average molecular weight is 611 g/mol. The SMILES string of the molecule is Cc1c2ccccc2c(OC(C)c2ccccc2)c2ccccc12.OCCOc1c2ccccc2c(OCCO)c2ccccc12. The van der Waals surface area contributed by atoms with Gasteiger partial charge >= 0.3 is 0 Å². The van der Waals surface area contributed by atoms with E-state index in [-0.39, 0.29) is 32.5 Å². The zero-order valence-electron chi connectivity index (χ0n) is 26.1. The highest BCUT2D eigenvalue weighted by Crippen LogP contribution is 2.43. The van der Waals surface area contributed by atoms with E-state index in [4.69, 9.17) is 24.4 Å². The van der Waals surface area contributed by atoms with E-state index in [0.29, 0.717) is 0 Å². The Labute approximate surface area is 269 Å². The van der Waals surface area contributed by atoms with Crippen LogP contribution in [0.3, 0.4) is 0 Å². The number of rotatable bonds is 9. The summed E-state index contributed by atoms with van der Waals surface area (Å²) in [4.78, 5) is 0. The minimum Gasteiger partial charge on any atom is -0.490 e. The molecule has 0 aromatic heterocycles. The number of fused-ring (bicyclic) bond motifs is 4. The predicted molar refractivity (Wildman–Crippen MR) is 188 cm³/mol. The van der Waals surface area contributed by atoms with E-state index in [1.807, 2.05) is 54.6 Å². The molecule has 7 aromatic rings. The van der Waals surface area contributed by atoms with Crippen molar-refractivity contribution in [1.82, 2.24) is 0 Å². The molecule has 46 heavy (non-hydrogen) atoms. The van der Waals surface area contributed by atoms with Crippen molar-refractivity contribution in [3.05, 3.63) is 139 Å². The molecule has 2 N–H and O–H groups in total. The number of aliphatic hydroxyl groups excluding tert-OH is 2. The highest BCUT2D eigenvalue weighted by atomic mass is 16.5. The second kappa shape index (κ2) is 14.3. The lowest BCUT2D eigenvalue weighted by Crippen LogP contribution is -2.05. The summed E-state index contributed by atoms with van der Waals surface area (Å²) in [6.45, 7) is 4.71. The molecule has 0 spiro atoms. The number of benzene rings is 7. The molecule has 1 atom stereocenters. The summed E-state index contributed by atoms with van der Waals surface area (Å²) in [5, 5.41) is 26.7. The summed E-state index contributed by atoms with van der Waals surface area (Å²) in [6.07, 6.45) is 0.000665. The third-order valence-corrected chi connectivity index (χ3v) is 8.22. The lowest BCUT2D eigenvalue weighted by atomic mass is 9.96. The standard InChI is InChI=1S/C23H20O.C18H18O4/c1-16-19-12-6-8-14-21(19)23(22-15-9-7-13-20(16)22)24-17(2)18-10-4-3-5-11-18;19-9-11-21-17-13-5-1-2-6-14(13)18(22-12-10-20)16-8-4-3-7-15(16)17/h3-15,17H,1-2H3;1-8,19-20H,9-12H2. The van der Waals surface area contributed by atoms with Crippen LogP contribution >= 0.6 is 0 Å². The maximum Gasteiger partial charge on any atom is 0.135 e.